The first-order chi connectivity index (χ1) is 8.66. The third kappa shape index (κ3) is 1.79. The fraction of sp³-hybridized carbons (Fsp3) is 0.300. The van der Waals surface area contributed by atoms with E-state index in [0.717, 1.165) is 0 Å². The zero-order valence-corrected chi connectivity index (χ0v) is 9.38. The number of hydrogen-bond acceptors (Lipinski definition) is 5. The van der Waals surface area contributed by atoms with Crippen molar-refractivity contribution in [3.8, 4) is 0 Å². The van der Waals surface area contributed by atoms with E-state index in [2.05, 4.69) is 10.4 Å². The smallest absolute Gasteiger partial charge is 0.422 e. The zero-order valence-electron chi connectivity index (χ0n) is 9.38. The van der Waals surface area contributed by atoms with Gasteiger partial charge in [-0.25, -0.2) is 9.07 Å². The second-order valence-corrected chi connectivity index (χ2v) is 4.04. The molecule has 1 unspecified atom stereocenters. The molecule has 2 heterocycles. The van der Waals surface area contributed by atoms with E-state index in [4.69, 9.17) is 4.74 Å². The summed E-state index contributed by atoms with van der Waals surface area (Å²) in [7, 11) is -1.71. The highest BCUT2D eigenvalue weighted by atomic mass is 19.1. The molecule has 6 nitrogen and oxygen atoms in total. The Bertz CT molecular complexity index is 583. The lowest BCUT2D eigenvalue weighted by Gasteiger charge is -2.11. The van der Waals surface area contributed by atoms with Gasteiger partial charge in [-0.2, -0.15) is 5.10 Å². The Hall–Kier alpha value is -1.48. The van der Waals surface area contributed by atoms with Crippen LogP contribution in [0.5, 0.6) is 0 Å². The highest BCUT2D eigenvalue weighted by Crippen LogP contribution is 2.19. The van der Waals surface area contributed by atoms with Crippen molar-refractivity contribution >= 4 is 23.6 Å². The molecule has 0 radical (unpaired) electrons. The number of rotatable bonds is 2. The standard InChI is InChI=1S/C10H11BFN3O3/c12-6-1-2-7-8(5-6)15(10-13-3-4-18-10)14-9(7)11(16)17/h1-2,5,10,13,16-17H,3-4H2. The van der Waals surface area contributed by atoms with Gasteiger partial charge in [-0.05, 0) is 18.2 Å². The molecule has 1 aromatic carbocycles. The van der Waals surface area contributed by atoms with E-state index in [0.29, 0.717) is 24.1 Å². The first kappa shape index (κ1) is 11.6. The summed E-state index contributed by atoms with van der Waals surface area (Å²) in [5.41, 5.74) is 0.541. The van der Waals surface area contributed by atoms with Crippen molar-refractivity contribution in [3.63, 3.8) is 0 Å². The molecule has 18 heavy (non-hydrogen) atoms. The van der Waals surface area contributed by atoms with Crippen molar-refractivity contribution in [3.05, 3.63) is 24.0 Å². The van der Waals surface area contributed by atoms with Crippen LogP contribution in [0.3, 0.4) is 0 Å². The van der Waals surface area contributed by atoms with Gasteiger partial charge < -0.3 is 14.8 Å². The number of halogens is 1. The number of hydrogen-bond donors (Lipinski definition) is 3. The van der Waals surface area contributed by atoms with Gasteiger partial charge in [0.15, 0.2) is 0 Å². The molecule has 94 valence electrons. The highest BCUT2D eigenvalue weighted by Gasteiger charge is 2.26. The highest BCUT2D eigenvalue weighted by molar-refractivity contribution is 6.60. The summed E-state index contributed by atoms with van der Waals surface area (Å²) in [5, 5.41) is 26.1. The van der Waals surface area contributed by atoms with Gasteiger partial charge in [-0.3, -0.25) is 5.32 Å². The summed E-state index contributed by atoms with van der Waals surface area (Å²) in [5.74, 6) is -0.416. The number of ether oxygens (including phenoxy) is 1. The van der Waals surface area contributed by atoms with Crippen LogP contribution in [0.1, 0.15) is 6.35 Å². The van der Waals surface area contributed by atoms with E-state index in [9.17, 15) is 14.4 Å². The van der Waals surface area contributed by atoms with Crippen LogP contribution in [0.25, 0.3) is 10.9 Å². The van der Waals surface area contributed by atoms with Crippen molar-refractivity contribution in [2.45, 2.75) is 6.35 Å². The summed E-state index contributed by atoms with van der Waals surface area (Å²) in [6.07, 6.45) is -0.512. The maximum Gasteiger partial charge on any atom is 0.510 e. The molecule has 1 aromatic heterocycles. The van der Waals surface area contributed by atoms with Gasteiger partial charge in [0.2, 0.25) is 6.35 Å². The molecule has 1 fully saturated rings. The van der Waals surface area contributed by atoms with Crippen LogP contribution < -0.4 is 10.9 Å². The molecule has 1 atom stereocenters. The molecule has 3 rings (SSSR count). The number of nitrogens with zero attached hydrogens (tertiary/aromatic N) is 2. The largest absolute Gasteiger partial charge is 0.510 e. The summed E-state index contributed by atoms with van der Waals surface area (Å²) >= 11 is 0. The minimum absolute atomic E-state index is 0.0855. The SMILES string of the molecule is OB(O)c1nn(C2NCCO2)c2cc(F)ccc12. The van der Waals surface area contributed by atoms with Gasteiger partial charge in [-0.1, -0.05) is 0 Å². The molecule has 0 aliphatic carbocycles. The van der Waals surface area contributed by atoms with Crippen LogP contribution >= 0.6 is 0 Å². The lowest BCUT2D eigenvalue weighted by atomic mass is 9.84. The monoisotopic (exact) mass is 251 g/mol. The molecular weight excluding hydrogens is 240 g/mol. The van der Waals surface area contributed by atoms with Crippen molar-refractivity contribution in [1.82, 2.24) is 15.1 Å². The average Bonchev–Trinajstić information content (AvgIpc) is 2.93. The van der Waals surface area contributed by atoms with E-state index >= 15 is 0 Å². The molecule has 3 N–H and O–H groups in total. The van der Waals surface area contributed by atoms with Crippen molar-refractivity contribution < 1.29 is 19.2 Å². The third-order valence-corrected chi connectivity index (χ3v) is 2.86. The number of fused-ring (bicyclic) bond motifs is 1. The van der Waals surface area contributed by atoms with E-state index in [1.54, 1.807) is 0 Å². The van der Waals surface area contributed by atoms with Gasteiger partial charge >= 0.3 is 7.12 Å². The molecular formula is C10H11BFN3O3. The van der Waals surface area contributed by atoms with E-state index in [-0.39, 0.29) is 5.59 Å². The first-order valence-electron chi connectivity index (χ1n) is 5.55. The van der Waals surface area contributed by atoms with E-state index < -0.39 is 19.3 Å². The maximum atomic E-state index is 13.3. The molecule has 1 saturated heterocycles. The molecule has 1 aliphatic heterocycles. The molecule has 0 spiro atoms. The van der Waals surface area contributed by atoms with Crippen LogP contribution in [-0.4, -0.2) is 40.1 Å². The summed E-state index contributed by atoms with van der Waals surface area (Å²) < 4.78 is 20.1. The van der Waals surface area contributed by atoms with E-state index in [1.807, 2.05) is 0 Å². The predicted octanol–water partition coefficient (Wildman–Crippen LogP) is -1.07. The Balaban J connectivity index is 2.20. The van der Waals surface area contributed by atoms with Gasteiger partial charge in [0, 0.05) is 11.9 Å². The second kappa shape index (κ2) is 4.32. The molecule has 1 aliphatic rings. The van der Waals surface area contributed by atoms with Crippen LogP contribution in [0.2, 0.25) is 0 Å². The number of benzene rings is 1. The summed E-state index contributed by atoms with van der Waals surface area (Å²) in [4.78, 5) is 0. The Kier molecular flexibility index (Phi) is 2.79. The van der Waals surface area contributed by atoms with Gasteiger partial charge in [0.05, 0.1) is 12.1 Å². The number of nitrogens with one attached hydrogen (secondary N) is 1. The molecule has 0 saturated carbocycles. The van der Waals surface area contributed by atoms with Crippen molar-refractivity contribution in [2.75, 3.05) is 13.2 Å². The second-order valence-electron chi connectivity index (χ2n) is 4.04. The summed E-state index contributed by atoms with van der Waals surface area (Å²) in [6, 6.07) is 4.01. The van der Waals surface area contributed by atoms with Crippen LogP contribution in [-0.2, 0) is 4.74 Å². The molecule has 0 bridgehead atoms. The molecule has 0 amide bonds. The predicted molar refractivity (Wildman–Crippen MR) is 62.5 cm³/mol. The zero-order chi connectivity index (χ0) is 12.7. The molecule has 8 heteroatoms. The van der Waals surface area contributed by atoms with Crippen molar-refractivity contribution in [2.24, 2.45) is 0 Å². The number of aromatic nitrogens is 2. The first-order valence-corrected chi connectivity index (χ1v) is 5.55. The summed E-state index contributed by atoms with van der Waals surface area (Å²) in [6.45, 7) is 1.19. The van der Waals surface area contributed by atoms with Crippen LogP contribution in [0, 0.1) is 5.82 Å². The maximum absolute atomic E-state index is 13.3. The fourth-order valence-electron chi connectivity index (χ4n) is 2.07. The normalized spacial score (nSPS) is 19.6. The Morgan fingerprint density at radius 3 is 3.00 bits per heavy atom. The van der Waals surface area contributed by atoms with Crippen LogP contribution in [0.4, 0.5) is 4.39 Å². The minimum Gasteiger partial charge on any atom is -0.422 e. The fourth-order valence-corrected chi connectivity index (χ4v) is 2.07. The molecule has 2 aromatic rings. The third-order valence-electron chi connectivity index (χ3n) is 2.86. The minimum atomic E-state index is -1.71. The Labute approximate surface area is 102 Å². The van der Waals surface area contributed by atoms with Crippen molar-refractivity contribution in [1.29, 1.82) is 0 Å². The van der Waals surface area contributed by atoms with Crippen LogP contribution in [0.15, 0.2) is 18.2 Å². The van der Waals surface area contributed by atoms with E-state index in [1.165, 1.54) is 22.9 Å². The quantitative estimate of drug-likeness (QED) is 0.592. The average molecular weight is 251 g/mol. The Morgan fingerprint density at radius 1 is 1.50 bits per heavy atom. The van der Waals surface area contributed by atoms with Gasteiger partial charge in [-0.15, -0.1) is 0 Å². The lowest BCUT2D eigenvalue weighted by molar-refractivity contribution is 0.0382. The van der Waals surface area contributed by atoms with Gasteiger partial charge in [0.25, 0.3) is 0 Å². The lowest BCUT2D eigenvalue weighted by Crippen LogP contribution is -2.33. The van der Waals surface area contributed by atoms with Gasteiger partial charge in [0.1, 0.15) is 11.4 Å². The Morgan fingerprint density at radius 2 is 2.33 bits per heavy atom. The topological polar surface area (TPSA) is 79.5 Å².